The Bertz CT molecular complexity index is 537. The smallest absolute Gasteiger partial charge is 0.406 e. The number of aryl methyl sites for hydroxylation is 1. The van der Waals surface area contributed by atoms with Gasteiger partial charge in [0.15, 0.2) is 0 Å². The number of aromatic nitrogens is 2. The molecule has 19 heavy (non-hydrogen) atoms. The SMILES string of the molecule is Cc1nonc1CNc1ccc(OC(F)(F)F)cc1. The fraction of sp³-hybridized carbons (Fsp3) is 0.273. The molecular weight excluding hydrogens is 263 g/mol. The number of ether oxygens (including phenoxy) is 1. The molecule has 8 heteroatoms. The second-order valence-corrected chi connectivity index (χ2v) is 3.72. The lowest BCUT2D eigenvalue weighted by Gasteiger charge is -2.09. The van der Waals surface area contributed by atoms with Crippen molar-refractivity contribution in [3.63, 3.8) is 0 Å². The maximum absolute atomic E-state index is 12.0. The van der Waals surface area contributed by atoms with Gasteiger partial charge in [-0.15, -0.1) is 13.2 Å². The molecule has 0 spiro atoms. The Hall–Kier alpha value is -2.25. The number of hydrogen-bond donors (Lipinski definition) is 1. The summed E-state index contributed by atoms with van der Waals surface area (Å²) < 4.78 is 44.2. The predicted molar refractivity (Wildman–Crippen MR) is 59.5 cm³/mol. The molecule has 0 aliphatic heterocycles. The summed E-state index contributed by atoms with van der Waals surface area (Å²) in [6.07, 6.45) is -4.68. The zero-order valence-corrected chi connectivity index (χ0v) is 9.86. The second kappa shape index (κ2) is 5.17. The number of rotatable bonds is 4. The average molecular weight is 273 g/mol. The van der Waals surface area contributed by atoms with Crippen molar-refractivity contribution in [2.45, 2.75) is 19.8 Å². The monoisotopic (exact) mass is 273 g/mol. The average Bonchev–Trinajstić information content (AvgIpc) is 2.72. The Labute approximate surface area is 106 Å². The first-order chi connectivity index (χ1) is 8.94. The van der Waals surface area contributed by atoms with Gasteiger partial charge in [0.05, 0.1) is 6.54 Å². The Morgan fingerprint density at radius 3 is 2.42 bits per heavy atom. The van der Waals surface area contributed by atoms with Crippen LogP contribution in [0.1, 0.15) is 11.4 Å². The van der Waals surface area contributed by atoms with Crippen molar-refractivity contribution in [2.75, 3.05) is 5.32 Å². The van der Waals surface area contributed by atoms with Crippen molar-refractivity contribution in [1.29, 1.82) is 0 Å². The van der Waals surface area contributed by atoms with E-state index in [2.05, 4.69) is 25.0 Å². The first-order valence-electron chi connectivity index (χ1n) is 5.32. The van der Waals surface area contributed by atoms with Crippen molar-refractivity contribution < 1.29 is 22.5 Å². The summed E-state index contributed by atoms with van der Waals surface area (Å²) in [5, 5.41) is 10.3. The summed E-state index contributed by atoms with van der Waals surface area (Å²) in [4.78, 5) is 0. The molecule has 1 N–H and O–H groups in total. The van der Waals surface area contributed by atoms with E-state index in [4.69, 9.17) is 0 Å². The van der Waals surface area contributed by atoms with E-state index in [9.17, 15) is 13.2 Å². The minimum atomic E-state index is -4.68. The molecule has 1 aromatic heterocycles. The van der Waals surface area contributed by atoms with E-state index in [1.165, 1.54) is 24.3 Å². The third-order valence-electron chi connectivity index (χ3n) is 2.29. The molecule has 102 valence electrons. The molecule has 0 saturated heterocycles. The van der Waals surface area contributed by atoms with Crippen molar-refractivity contribution in [3.05, 3.63) is 35.7 Å². The summed E-state index contributed by atoms with van der Waals surface area (Å²) >= 11 is 0. The predicted octanol–water partition coefficient (Wildman–Crippen LogP) is 2.89. The number of benzene rings is 1. The molecule has 0 aliphatic carbocycles. The topological polar surface area (TPSA) is 60.2 Å². The lowest BCUT2D eigenvalue weighted by atomic mass is 10.3. The van der Waals surface area contributed by atoms with Gasteiger partial charge in [-0.05, 0) is 31.2 Å². The molecular formula is C11H10F3N3O2. The highest BCUT2D eigenvalue weighted by Crippen LogP contribution is 2.24. The molecule has 0 bridgehead atoms. The molecule has 0 radical (unpaired) electrons. The molecule has 2 rings (SSSR count). The molecule has 0 unspecified atom stereocenters. The second-order valence-electron chi connectivity index (χ2n) is 3.72. The maximum atomic E-state index is 12.0. The van der Waals surface area contributed by atoms with Gasteiger partial charge in [0.1, 0.15) is 17.1 Å². The standard InChI is InChI=1S/C11H10F3N3O2/c1-7-10(17-19-16-7)6-15-8-2-4-9(5-3-8)18-11(12,13)14/h2-5,15H,6H2,1H3. The van der Waals surface area contributed by atoms with Crippen molar-refractivity contribution in [2.24, 2.45) is 0 Å². The van der Waals surface area contributed by atoms with Crippen LogP contribution in [0.5, 0.6) is 5.75 Å². The van der Waals surface area contributed by atoms with Crippen LogP contribution >= 0.6 is 0 Å². The van der Waals surface area contributed by atoms with Crippen LogP contribution in [0.25, 0.3) is 0 Å². The summed E-state index contributed by atoms with van der Waals surface area (Å²) in [6, 6.07) is 5.40. The van der Waals surface area contributed by atoms with E-state index in [-0.39, 0.29) is 5.75 Å². The summed E-state index contributed by atoms with van der Waals surface area (Å²) in [5.74, 6) is -0.266. The van der Waals surface area contributed by atoms with Crippen LogP contribution in [0.3, 0.4) is 0 Å². The van der Waals surface area contributed by atoms with E-state index in [1.54, 1.807) is 6.92 Å². The molecule has 0 amide bonds. The minimum Gasteiger partial charge on any atom is -0.406 e. The van der Waals surface area contributed by atoms with Gasteiger partial charge in [-0.1, -0.05) is 10.3 Å². The molecule has 0 saturated carbocycles. The molecule has 1 aromatic carbocycles. The van der Waals surface area contributed by atoms with Gasteiger partial charge in [0, 0.05) is 5.69 Å². The molecule has 1 heterocycles. The summed E-state index contributed by atoms with van der Waals surface area (Å²) in [6.45, 7) is 2.11. The number of hydrogen-bond acceptors (Lipinski definition) is 5. The van der Waals surface area contributed by atoms with Crippen LogP contribution in [0.4, 0.5) is 18.9 Å². The van der Waals surface area contributed by atoms with E-state index in [0.29, 0.717) is 23.6 Å². The summed E-state index contributed by atoms with van der Waals surface area (Å²) in [7, 11) is 0. The molecule has 5 nitrogen and oxygen atoms in total. The van der Waals surface area contributed by atoms with Gasteiger partial charge < -0.3 is 10.1 Å². The zero-order valence-electron chi connectivity index (χ0n) is 9.86. The largest absolute Gasteiger partial charge is 0.573 e. The fourth-order valence-electron chi connectivity index (χ4n) is 1.37. The van der Waals surface area contributed by atoms with Gasteiger partial charge in [0.25, 0.3) is 0 Å². The highest BCUT2D eigenvalue weighted by Gasteiger charge is 2.30. The Kier molecular flexibility index (Phi) is 3.59. The lowest BCUT2D eigenvalue weighted by molar-refractivity contribution is -0.274. The van der Waals surface area contributed by atoms with E-state index in [1.807, 2.05) is 0 Å². The number of nitrogens with zero attached hydrogens (tertiary/aromatic N) is 2. The Morgan fingerprint density at radius 2 is 1.89 bits per heavy atom. The molecule has 0 aliphatic rings. The van der Waals surface area contributed by atoms with Crippen LogP contribution < -0.4 is 10.1 Å². The van der Waals surface area contributed by atoms with Gasteiger partial charge >= 0.3 is 6.36 Å². The van der Waals surface area contributed by atoms with E-state index >= 15 is 0 Å². The van der Waals surface area contributed by atoms with Crippen molar-refractivity contribution in [1.82, 2.24) is 10.3 Å². The minimum absolute atomic E-state index is 0.266. The Morgan fingerprint density at radius 1 is 1.21 bits per heavy atom. The Balaban J connectivity index is 1.94. The van der Waals surface area contributed by atoms with Gasteiger partial charge in [-0.2, -0.15) is 0 Å². The summed E-state index contributed by atoms with van der Waals surface area (Å²) in [5.41, 5.74) is 1.93. The number of nitrogens with one attached hydrogen (secondary N) is 1. The van der Waals surface area contributed by atoms with Crippen LogP contribution in [-0.2, 0) is 6.54 Å². The van der Waals surface area contributed by atoms with Crippen LogP contribution in [-0.4, -0.2) is 16.7 Å². The third kappa shape index (κ3) is 3.87. The quantitative estimate of drug-likeness (QED) is 0.928. The normalized spacial score (nSPS) is 11.4. The van der Waals surface area contributed by atoms with Crippen molar-refractivity contribution >= 4 is 5.69 Å². The first-order valence-corrected chi connectivity index (χ1v) is 5.32. The van der Waals surface area contributed by atoms with Crippen LogP contribution in [0.2, 0.25) is 0 Å². The first kappa shape index (κ1) is 13.2. The molecule has 0 atom stereocenters. The maximum Gasteiger partial charge on any atom is 0.573 e. The number of anilines is 1. The lowest BCUT2D eigenvalue weighted by Crippen LogP contribution is -2.17. The van der Waals surface area contributed by atoms with Gasteiger partial charge in [0.2, 0.25) is 0 Å². The van der Waals surface area contributed by atoms with Gasteiger partial charge in [-0.3, -0.25) is 0 Å². The number of halogens is 3. The van der Waals surface area contributed by atoms with E-state index < -0.39 is 6.36 Å². The third-order valence-corrected chi connectivity index (χ3v) is 2.29. The van der Waals surface area contributed by atoms with E-state index in [0.717, 1.165) is 0 Å². The fourth-order valence-corrected chi connectivity index (χ4v) is 1.37. The van der Waals surface area contributed by atoms with Crippen molar-refractivity contribution in [3.8, 4) is 5.75 Å². The van der Waals surface area contributed by atoms with Gasteiger partial charge in [-0.25, -0.2) is 4.63 Å². The molecule has 0 fully saturated rings. The van der Waals surface area contributed by atoms with Crippen LogP contribution in [0.15, 0.2) is 28.9 Å². The highest BCUT2D eigenvalue weighted by molar-refractivity contribution is 5.46. The zero-order chi connectivity index (χ0) is 13.9. The molecule has 2 aromatic rings. The highest BCUT2D eigenvalue weighted by atomic mass is 19.4. The number of alkyl halides is 3. The van der Waals surface area contributed by atoms with Crippen LogP contribution in [0, 0.1) is 6.92 Å².